The van der Waals surface area contributed by atoms with Crippen LogP contribution in [0.4, 0.5) is 0 Å². The summed E-state index contributed by atoms with van der Waals surface area (Å²) in [6.07, 6.45) is 1.63. The summed E-state index contributed by atoms with van der Waals surface area (Å²) < 4.78 is 0. The molecule has 0 atom stereocenters. The number of aliphatic hydroxyl groups is 2. The predicted octanol–water partition coefficient (Wildman–Crippen LogP) is 0.611. The number of rotatable bonds is 3. The highest BCUT2D eigenvalue weighted by atomic mass is 32.2. The highest BCUT2D eigenvalue weighted by Crippen LogP contribution is 2.12. The molecular weight excluding hydrogens is 160 g/mol. The van der Waals surface area contributed by atoms with Crippen LogP contribution in [0.15, 0.2) is 11.0 Å². The van der Waals surface area contributed by atoms with Gasteiger partial charge in [0.25, 0.3) is 0 Å². The molecule has 0 fully saturated rings. The smallest absolute Gasteiger partial charge is 0.104 e. The minimum Gasteiger partial charge on any atom is -0.391 e. The van der Waals surface area contributed by atoms with E-state index in [9.17, 15) is 0 Å². The van der Waals surface area contributed by atoms with Crippen molar-refractivity contribution in [1.82, 2.24) is 0 Å². The quantitative estimate of drug-likeness (QED) is 0.613. The van der Waals surface area contributed by atoms with Crippen LogP contribution in [0.3, 0.4) is 0 Å². The second-order valence-corrected chi connectivity index (χ2v) is 3.07. The first-order valence-corrected chi connectivity index (χ1v) is 4.35. The maximum Gasteiger partial charge on any atom is 0.104 e. The van der Waals surface area contributed by atoms with Gasteiger partial charge in [0.15, 0.2) is 0 Å². The lowest BCUT2D eigenvalue weighted by Gasteiger charge is -1.96. The fourth-order valence-electron chi connectivity index (χ4n) is 0.496. The van der Waals surface area contributed by atoms with Gasteiger partial charge in [-0.25, -0.2) is 0 Å². The number of aliphatic hydroxyl groups excluding tert-OH is 2. The fraction of sp³-hybridized carbons (Fsp3) is 0.500. The van der Waals surface area contributed by atoms with E-state index in [2.05, 4.69) is 11.8 Å². The van der Waals surface area contributed by atoms with Crippen LogP contribution in [-0.4, -0.2) is 29.2 Å². The van der Waals surface area contributed by atoms with Gasteiger partial charge >= 0.3 is 0 Å². The van der Waals surface area contributed by atoms with Crippen molar-refractivity contribution < 1.29 is 10.2 Å². The first kappa shape index (κ1) is 10.6. The minimum atomic E-state index is -0.133. The zero-order chi connectivity index (χ0) is 8.53. The summed E-state index contributed by atoms with van der Waals surface area (Å²) in [5.41, 5.74) is 0. The van der Waals surface area contributed by atoms with Gasteiger partial charge < -0.3 is 10.2 Å². The maximum absolute atomic E-state index is 8.74. The Morgan fingerprint density at radius 1 is 1.55 bits per heavy atom. The second kappa shape index (κ2) is 7.67. The molecule has 0 rings (SSSR count). The maximum atomic E-state index is 8.74. The predicted molar refractivity (Wildman–Crippen MR) is 48.2 cm³/mol. The van der Waals surface area contributed by atoms with Gasteiger partial charge in [0.05, 0.1) is 6.61 Å². The minimum absolute atomic E-state index is 0.0264. The molecule has 0 amide bonds. The van der Waals surface area contributed by atoms with Crippen molar-refractivity contribution in [1.29, 1.82) is 0 Å². The molecule has 0 saturated carbocycles. The Balaban J connectivity index is 3.89. The topological polar surface area (TPSA) is 40.5 Å². The first-order valence-electron chi connectivity index (χ1n) is 3.37. The molecule has 62 valence electrons. The van der Waals surface area contributed by atoms with Crippen molar-refractivity contribution in [2.45, 2.75) is 6.92 Å². The summed E-state index contributed by atoms with van der Waals surface area (Å²) >= 11 is 1.55. The van der Waals surface area contributed by atoms with E-state index in [1.807, 2.05) is 6.92 Å². The molecule has 0 aliphatic heterocycles. The van der Waals surface area contributed by atoms with E-state index in [-0.39, 0.29) is 13.2 Å². The molecule has 0 unspecified atom stereocenters. The van der Waals surface area contributed by atoms with Gasteiger partial charge in [-0.15, -0.1) is 11.8 Å². The summed E-state index contributed by atoms with van der Waals surface area (Å²) in [5.74, 6) is 6.03. The van der Waals surface area contributed by atoms with E-state index in [0.717, 1.165) is 10.7 Å². The van der Waals surface area contributed by atoms with E-state index < -0.39 is 0 Å². The van der Waals surface area contributed by atoms with Gasteiger partial charge in [0.1, 0.15) is 6.61 Å². The molecule has 0 heterocycles. The number of thioether (sulfide) groups is 1. The standard InChI is InChI=1S/C8H12O2S/c1-2-11-8(7-10)5-3-4-6-9/h5,9-10H,2,6-7H2,1H3/b8-5-. The molecule has 0 aromatic heterocycles. The van der Waals surface area contributed by atoms with Crippen molar-refractivity contribution in [2.24, 2.45) is 0 Å². The van der Waals surface area contributed by atoms with Crippen LogP contribution in [-0.2, 0) is 0 Å². The van der Waals surface area contributed by atoms with E-state index in [4.69, 9.17) is 10.2 Å². The SMILES string of the molecule is CCS/C(=C\C#CCO)CO. The Bertz CT molecular complexity index is 176. The summed E-state index contributed by atoms with van der Waals surface area (Å²) in [4.78, 5) is 0.841. The molecule has 0 saturated heterocycles. The summed E-state index contributed by atoms with van der Waals surface area (Å²) in [6, 6.07) is 0. The third kappa shape index (κ3) is 5.99. The van der Waals surface area contributed by atoms with Crippen LogP contribution in [0.5, 0.6) is 0 Å². The summed E-state index contributed by atoms with van der Waals surface area (Å²) in [6.45, 7) is 1.90. The monoisotopic (exact) mass is 172 g/mol. The lowest BCUT2D eigenvalue weighted by Crippen LogP contribution is -1.84. The molecule has 0 aromatic rings. The zero-order valence-corrected chi connectivity index (χ0v) is 7.32. The van der Waals surface area contributed by atoms with E-state index in [1.165, 1.54) is 0 Å². The highest BCUT2D eigenvalue weighted by molar-refractivity contribution is 8.03. The zero-order valence-electron chi connectivity index (χ0n) is 6.50. The Kier molecular flexibility index (Phi) is 7.37. The Morgan fingerprint density at radius 3 is 2.73 bits per heavy atom. The largest absolute Gasteiger partial charge is 0.391 e. The molecule has 0 aliphatic rings. The van der Waals surface area contributed by atoms with Crippen LogP contribution < -0.4 is 0 Å². The number of hydrogen-bond donors (Lipinski definition) is 2. The van der Waals surface area contributed by atoms with Gasteiger partial charge in [-0.3, -0.25) is 0 Å². The first-order chi connectivity index (χ1) is 5.35. The van der Waals surface area contributed by atoms with E-state index in [1.54, 1.807) is 17.8 Å². The normalized spacial score (nSPS) is 10.6. The third-order valence-corrected chi connectivity index (χ3v) is 1.81. The average Bonchev–Trinajstić information content (AvgIpc) is 2.03. The molecule has 2 nitrogen and oxygen atoms in total. The van der Waals surface area contributed by atoms with Gasteiger partial charge in [-0.05, 0) is 5.75 Å². The van der Waals surface area contributed by atoms with E-state index in [0.29, 0.717) is 0 Å². The van der Waals surface area contributed by atoms with E-state index >= 15 is 0 Å². The summed E-state index contributed by atoms with van der Waals surface area (Å²) in [7, 11) is 0. The van der Waals surface area contributed by atoms with Gasteiger partial charge in [-0.2, -0.15) is 0 Å². The fourth-order valence-corrected chi connectivity index (χ4v) is 1.10. The molecule has 0 aliphatic carbocycles. The van der Waals surface area contributed by atoms with Crippen LogP contribution in [0.2, 0.25) is 0 Å². The van der Waals surface area contributed by atoms with Gasteiger partial charge in [0, 0.05) is 11.0 Å². The average molecular weight is 172 g/mol. The molecule has 0 aromatic carbocycles. The van der Waals surface area contributed by atoms with Crippen molar-refractivity contribution in [2.75, 3.05) is 19.0 Å². The van der Waals surface area contributed by atoms with Crippen molar-refractivity contribution >= 4 is 11.8 Å². The lowest BCUT2D eigenvalue weighted by molar-refractivity contribution is 0.339. The molecule has 0 spiro atoms. The van der Waals surface area contributed by atoms with Crippen molar-refractivity contribution in [3.05, 3.63) is 11.0 Å². The second-order valence-electron chi connectivity index (χ2n) is 1.68. The van der Waals surface area contributed by atoms with Gasteiger partial charge in [-0.1, -0.05) is 18.8 Å². The molecule has 11 heavy (non-hydrogen) atoms. The third-order valence-electron chi connectivity index (χ3n) is 0.900. The summed E-state index contributed by atoms with van der Waals surface area (Å²) in [5, 5.41) is 17.0. The van der Waals surface area contributed by atoms with Crippen molar-refractivity contribution in [3.8, 4) is 11.8 Å². The molecule has 0 bridgehead atoms. The highest BCUT2D eigenvalue weighted by Gasteiger charge is 1.90. The Morgan fingerprint density at radius 2 is 2.27 bits per heavy atom. The van der Waals surface area contributed by atoms with Crippen LogP contribution in [0, 0.1) is 11.8 Å². The van der Waals surface area contributed by atoms with Crippen LogP contribution in [0.1, 0.15) is 6.92 Å². The molecule has 3 heteroatoms. The number of hydrogen-bond acceptors (Lipinski definition) is 3. The molecule has 0 radical (unpaired) electrons. The van der Waals surface area contributed by atoms with Crippen LogP contribution in [0.25, 0.3) is 0 Å². The number of allylic oxidation sites excluding steroid dienone is 1. The Hall–Kier alpha value is -0.430. The molecular formula is C8H12O2S. The Labute approximate surface area is 71.3 Å². The lowest BCUT2D eigenvalue weighted by atomic mass is 10.5. The van der Waals surface area contributed by atoms with Gasteiger partial charge in [0.2, 0.25) is 0 Å². The van der Waals surface area contributed by atoms with Crippen molar-refractivity contribution in [3.63, 3.8) is 0 Å². The molecule has 2 N–H and O–H groups in total. The van der Waals surface area contributed by atoms with Crippen LogP contribution >= 0.6 is 11.8 Å².